The van der Waals surface area contributed by atoms with Gasteiger partial charge in [-0.25, -0.2) is 0 Å². The zero-order valence-electron chi connectivity index (χ0n) is 15.6. The van der Waals surface area contributed by atoms with Crippen LogP contribution in [-0.2, 0) is 16.0 Å². The van der Waals surface area contributed by atoms with Crippen LogP contribution in [0.4, 0.5) is 0 Å². The maximum Gasteiger partial charge on any atom is 0.309 e. The van der Waals surface area contributed by atoms with Crippen LogP contribution in [-0.4, -0.2) is 13.1 Å². The van der Waals surface area contributed by atoms with Crippen LogP contribution >= 0.6 is 0 Å². The van der Waals surface area contributed by atoms with Crippen LogP contribution in [0.1, 0.15) is 88.2 Å². The molecule has 1 saturated carbocycles. The Balaban J connectivity index is 1.71. The molecule has 0 aromatic heterocycles. The largest absolute Gasteiger partial charge is 0.469 e. The predicted molar refractivity (Wildman–Crippen MR) is 100 cm³/mol. The van der Waals surface area contributed by atoms with E-state index in [9.17, 15) is 4.79 Å². The highest BCUT2D eigenvalue weighted by atomic mass is 16.5. The summed E-state index contributed by atoms with van der Waals surface area (Å²) in [6.45, 7) is 2.28. The van der Waals surface area contributed by atoms with Crippen molar-refractivity contribution in [3.63, 3.8) is 0 Å². The fraction of sp³-hybridized carbons (Fsp3) is 0.682. The number of carbonyl (C=O) groups excluding carboxylic acids is 1. The van der Waals surface area contributed by atoms with E-state index < -0.39 is 0 Å². The summed E-state index contributed by atoms with van der Waals surface area (Å²) in [6.07, 6.45) is 14.3. The Hall–Kier alpha value is -1.31. The number of unbranched alkanes of at least 4 members (excludes halogenated alkanes) is 4. The molecule has 2 heteroatoms. The van der Waals surface area contributed by atoms with E-state index in [1.165, 1.54) is 76.9 Å². The zero-order valence-corrected chi connectivity index (χ0v) is 15.6. The molecule has 1 fully saturated rings. The minimum atomic E-state index is -0.165. The van der Waals surface area contributed by atoms with Gasteiger partial charge in [-0.15, -0.1) is 0 Å². The van der Waals surface area contributed by atoms with Crippen molar-refractivity contribution in [1.29, 1.82) is 0 Å². The molecule has 1 aliphatic rings. The first kappa shape index (κ1) is 19.0. The average molecular weight is 331 g/mol. The third kappa shape index (κ3) is 6.30. The van der Waals surface area contributed by atoms with Crippen molar-refractivity contribution in [3.05, 3.63) is 35.4 Å². The Labute approximate surface area is 148 Å². The quantitative estimate of drug-likeness (QED) is 0.408. The maximum atomic E-state index is 11.3. The van der Waals surface area contributed by atoms with Crippen LogP contribution in [0, 0.1) is 5.92 Å². The van der Waals surface area contributed by atoms with Gasteiger partial charge in [0.25, 0.3) is 0 Å². The molecular formula is C22H34O2. The lowest BCUT2D eigenvalue weighted by Gasteiger charge is -2.29. The van der Waals surface area contributed by atoms with Crippen LogP contribution < -0.4 is 0 Å². The molecule has 0 amide bonds. The average Bonchev–Trinajstić information content (AvgIpc) is 2.63. The van der Waals surface area contributed by atoms with E-state index in [1.54, 1.807) is 0 Å². The minimum Gasteiger partial charge on any atom is -0.469 e. The molecule has 1 aromatic rings. The van der Waals surface area contributed by atoms with Crippen molar-refractivity contribution in [2.75, 3.05) is 7.11 Å². The van der Waals surface area contributed by atoms with Gasteiger partial charge in [-0.05, 0) is 48.6 Å². The van der Waals surface area contributed by atoms with Crippen molar-refractivity contribution in [1.82, 2.24) is 0 Å². The Kier molecular flexibility index (Phi) is 8.35. The second-order valence-electron chi connectivity index (χ2n) is 7.42. The number of ether oxygens (including phenoxy) is 1. The van der Waals surface area contributed by atoms with Crippen molar-refractivity contribution in [3.8, 4) is 0 Å². The van der Waals surface area contributed by atoms with E-state index in [4.69, 9.17) is 4.74 Å². The van der Waals surface area contributed by atoms with E-state index in [-0.39, 0.29) is 5.97 Å². The molecular weight excluding hydrogens is 296 g/mol. The van der Waals surface area contributed by atoms with Crippen molar-refractivity contribution >= 4 is 5.97 Å². The Morgan fingerprint density at radius 3 is 2.29 bits per heavy atom. The van der Waals surface area contributed by atoms with Crippen LogP contribution in [0.2, 0.25) is 0 Å². The van der Waals surface area contributed by atoms with Gasteiger partial charge >= 0.3 is 5.97 Å². The third-order valence-electron chi connectivity index (χ3n) is 5.59. The fourth-order valence-electron chi connectivity index (χ4n) is 3.97. The molecule has 0 radical (unpaired) electrons. The number of hydrogen-bond donors (Lipinski definition) is 0. The molecule has 0 heterocycles. The molecule has 0 unspecified atom stereocenters. The SMILES string of the molecule is CCCCCCC[C@H]1CC[C@H](c2ccc(CC(=O)OC)cc2)CC1. The highest BCUT2D eigenvalue weighted by Gasteiger charge is 2.22. The van der Waals surface area contributed by atoms with Gasteiger partial charge in [0, 0.05) is 0 Å². The summed E-state index contributed by atoms with van der Waals surface area (Å²) in [4.78, 5) is 11.3. The van der Waals surface area contributed by atoms with Crippen LogP contribution in [0.25, 0.3) is 0 Å². The van der Waals surface area contributed by atoms with Gasteiger partial charge in [0.05, 0.1) is 13.5 Å². The normalized spacial score (nSPS) is 20.8. The summed E-state index contributed by atoms with van der Waals surface area (Å²) >= 11 is 0. The predicted octanol–water partition coefficient (Wildman–Crippen LogP) is 6.04. The molecule has 0 aliphatic heterocycles. The molecule has 0 atom stereocenters. The van der Waals surface area contributed by atoms with Crippen LogP contribution in [0.3, 0.4) is 0 Å². The van der Waals surface area contributed by atoms with E-state index >= 15 is 0 Å². The Bertz CT molecular complexity index is 469. The summed E-state index contributed by atoms with van der Waals surface area (Å²) in [6, 6.07) is 8.61. The molecule has 24 heavy (non-hydrogen) atoms. The third-order valence-corrected chi connectivity index (χ3v) is 5.59. The number of benzene rings is 1. The molecule has 1 aromatic carbocycles. The van der Waals surface area contributed by atoms with Crippen molar-refractivity contribution < 1.29 is 9.53 Å². The topological polar surface area (TPSA) is 26.3 Å². The van der Waals surface area contributed by atoms with Gasteiger partial charge in [-0.3, -0.25) is 4.79 Å². The van der Waals surface area contributed by atoms with Crippen molar-refractivity contribution in [2.45, 2.75) is 83.5 Å². The summed E-state index contributed by atoms with van der Waals surface area (Å²) in [5.74, 6) is 1.51. The lowest BCUT2D eigenvalue weighted by Crippen LogP contribution is -2.13. The second-order valence-corrected chi connectivity index (χ2v) is 7.42. The molecule has 1 aliphatic carbocycles. The van der Waals surface area contributed by atoms with Gasteiger partial charge in [0.2, 0.25) is 0 Å². The van der Waals surface area contributed by atoms with Gasteiger partial charge < -0.3 is 4.74 Å². The number of methoxy groups -OCH3 is 1. The van der Waals surface area contributed by atoms with Gasteiger partial charge in [0.15, 0.2) is 0 Å². The molecule has 0 N–H and O–H groups in total. The molecule has 2 nitrogen and oxygen atoms in total. The molecule has 0 spiro atoms. The molecule has 2 rings (SSSR count). The highest BCUT2D eigenvalue weighted by molar-refractivity contribution is 5.72. The lowest BCUT2D eigenvalue weighted by atomic mass is 9.77. The number of esters is 1. The lowest BCUT2D eigenvalue weighted by molar-refractivity contribution is -0.139. The number of carbonyl (C=O) groups is 1. The van der Waals surface area contributed by atoms with Crippen molar-refractivity contribution in [2.24, 2.45) is 5.92 Å². The molecule has 134 valence electrons. The van der Waals surface area contributed by atoms with Crippen LogP contribution in [0.5, 0.6) is 0 Å². The summed E-state index contributed by atoms with van der Waals surface area (Å²) in [5.41, 5.74) is 2.50. The summed E-state index contributed by atoms with van der Waals surface area (Å²) in [7, 11) is 1.44. The van der Waals surface area contributed by atoms with Gasteiger partial charge in [-0.2, -0.15) is 0 Å². The first-order valence-corrected chi connectivity index (χ1v) is 9.88. The second kappa shape index (κ2) is 10.5. The first-order valence-electron chi connectivity index (χ1n) is 9.88. The maximum absolute atomic E-state index is 11.3. The van der Waals surface area contributed by atoms with E-state index in [0.29, 0.717) is 12.3 Å². The first-order chi connectivity index (χ1) is 11.7. The fourth-order valence-corrected chi connectivity index (χ4v) is 3.97. The zero-order chi connectivity index (χ0) is 17.2. The highest BCUT2D eigenvalue weighted by Crippen LogP contribution is 2.37. The standard InChI is InChI=1S/C22H34O2/c1-3-4-5-6-7-8-18-9-13-20(14-10-18)21-15-11-19(12-16-21)17-22(23)24-2/h11-12,15-16,18,20H,3-10,13-14,17H2,1-2H3/t18-,20-. The summed E-state index contributed by atoms with van der Waals surface area (Å²) < 4.78 is 4.73. The van der Waals surface area contributed by atoms with E-state index in [2.05, 4.69) is 31.2 Å². The van der Waals surface area contributed by atoms with E-state index in [0.717, 1.165) is 11.5 Å². The van der Waals surface area contributed by atoms with Gasteiger partial charge in [-0.1, -0.05) is 69.7 Å². The molecule has 0 saturated heterocycles. The minimum absolute atomic E-state index is 0.165. The molecule has 0 bridgehead atoms. The van der Waals surface area contributed by atoms with E-state index in [1.807, 2.05) is 0 Å². The Morgan fingerprint density at radius 2 is 1.67 bits per heavy atom. The number of rotatable bonds is 9. The summed E-state index contributed by atoms with van der Waals surface area (Å²) in [5, 5.41) is 0. The van der Waals surface area contributed by atoms with Crippen LogP contribution in [0.15, 0.2) is 24.3 Å². The van der Waals surface area contributed by atoms with Gasteiger partial charge in [0.1, 0.15) is 0 Å². The Morgan fingerprint density at radius 1 is 1.00 bits per heavy atom. The monoisotopic (exact) mass is 330 g/mol. The smallest absolute Gasteiger partial charge is 0.309 e. The number of hydrogen-bond acceptors (Lipinski definition) is 2.